The number of fused-ring (bicyclic) bond motifs is 1. The van der Waals surface area contributed by atoms with Crippen LogP contribution in [-0.2, 0) is 26.4 Å². The smallest absolute Gasteiger partial charge is 0.272 e. The number of amides is 1. The lowest BCUT2D eigenvalue weighted by Crippen LogP contribution is -2.53. The lowest BCUT2D eigenvalue weighted by Gasteiger charge is -2.42. The third-order valence-electron chi connectivity index (χ3n) is 7.72. The first-order valence-corrected chi connectivity index (χ1v) is 12.1. The van der Waals surface area contributed by atoms with Gasteiger partial charge in [-0.15, -0.1) is 0 Å². The van der Waals surface area contributed by atoms with Gasteiger partial charge in [0.15, 0.2) is 5.69 Å². The second kappa shape index (κ2) is 9.32. The van der Waals surface area contributed by atoms with Gasteiger partial charge in [0.25, 0.3) is 5.91 Å². The lowest BCUT2D eigenvalue weighted by molar-refractivity contribution is 0.0654. The highest BCUT2D eigenvalue weighted by atomic mass is 19.1. The van der Waals surface area contributed by atoms with E-state index in [1.54, 1.807) is 12.1 Å². The molecule has 1 saturated heterocycles. The fraction of sp³-hybridized carbons (Fsp3) is 0.600. The normalized spacial score (nSPS) is 22.8. The Hall–Kier alpha value is -2.25. The van der Waals surface area contributed by atoms with Crippen molar-refractivity contribution in [1.82, 2.24) is 24.9 Å². The molecule has 0 radical (unpaired) electrons. The summed E-state index contributed by atoms with van der Waals surface area (Å²) in [6, 6.07) is 7.53. The number of aromatic nitrogens is 2. The maximum Gasteiger partial charge on any atom is 0.272 e. The average molecular weight is 440 g/mol. The standard InChI is InChI=1S/C25H34FN5O/c1-29-23-11-10-21(31-14-12-30(13-15-31)20-4-2-3-5-20)16-22(23)24(28-29)25(32)27-17-18-6-8-19(26)9-7-18/h6-9,20-21H,2-5,10-17H2,1H3,(H,27,32)/t21-/m1/s1. The van der Waals surface area contributed by atoms with Gasteiger partial charge in [0.05, 0.1) is 0 Å². The minimum Gasteiger partial charge on any atom is -0.347 e. The van der Waals surface area contributed by atoms with Crippen molar-refractivity contribution in [3.8, 4) is 0 Å². The molecule has 1 aliphatic heterocycles. The second-order valence-corrected chi connectivity index (χ2v) is 9.61. The topological polar surface area (TPSA) is 53.4 Å². The molecule has 0 bridgehead atoms. The second-order valence-electron chi connectivity index (χ2n) is 9.61. The molecule has 2 fully saturated rings. The predicted octanol–water partition coefficient (Wildman–Crippen LogP) is 2.91. The molecule has 1 atom stereocenters. The van der Waals surface area contributed by atoms with Gasteiger partial charge in [-0.1, -0.05) is 25.0 Å². The molecule has 172 valence electrons. The summed E-state index contributed by atoms with van der Waals surface area (Å²) in [5.74, 6) is -0.410. The van der Waals surface area contributed by atoms with Crippen LogP contribution in [0.3, 0.4) is 0 Å². The van der Waals surface area contributed by atoms with Crippen LogP contribution in [0.25, 0.3) is 0 Å². The molecule has 2 heterocycles. The quantitative estimate of drug-likeness (QED) is 0.779. The fourth-order valence-corrected chi connectivity index (χ4v) is 5.87. The molecule has 0 spiro atoms. The van der Waals surface area contributed by atoms with Crippen LogP contribution in [0.4, 0.5) is 4.39 Å². The van der Waals surface area contributed by atoms with Gasteiger partial charge in [0, 0.05) is 63.1 Å². The molecule has 1 saturated carbocycles. The van der Waals surface area contributed by atoms with Crippen molar-refractivity contribution in [1.29, 1.82) is 0 Å². The van der Waals surface area contributed by atoms with Gasteiger partial charge in [0.1, 0.15) is 5.82 Å². The number of hydrogen-bond donors (Lipinski definition) is 1. The number of nitrogens with zero attached hydrogens (tertiary/aromatic N) is 4. The van der Waals surface area contributed by atoms with Crippen LogP contribution in [-0.4, -0.2) is 63.8 Å². The monoisotopic (exact) mass is 439 g/mol. The van der Waals surface area contributed by atoms with Crippen LogP contribution in [0, 0.1) is 5.82 Å². The Balaban J connectivity index is 1.22. The highest BCUT2D eigenvalue weighted by molar-refractivity contribution is 5.94. The van der Waals surface area contributed by atoms with Gasteiger partial charge in [0.2, 0.25) is 0 Å². The Bertz CT molecular complexity index is 942. The van der Waals surface area contributed by atoms with Gasteiger partial charge < -0.3 is 5.32 Å². The third kappa shape index (κ3) is 4.46. The zero-order valence-electron chi connectivity index (χ0n) is 19.0. The van der Waals surface area contributed by atoms with E-state index in [2.05, 4.69) is 20.2 Å². The van der Waals surface area contributed by atoms with E-state index in [4.69, 9.17) is 0 Å². The van der Waals surface area contributed by atoms with Crippen molar-refractivity contribution < 1.29 is 9.18 Å². The third-order valence-corrected chi connectivity index (χ3v) is 7.72. The van der Waals surface area contributed by atoms with Crippen LogP contribution in [0.15, 0.2) is 24.3 Å². The number of carbonyl (C=O) groups excluding carboxylic acids is 1. The van der Waals surface area contributed by atoms with E-state index >= 15 is 0 Å². The van der Waals surface area contributed by atoms with E-state index in [9.17, 15) is 9.18 Å². The molecule has 1 amide bonds. The van der Waals surface area contributed by atoms with E-state index < -0.39 is 0 Å². The van der Waals surface area contributed by atoms with Gasteiger partial charge >= 0.3 is 0 Å². The fourth-order valence-electron chi connectivity index (χ4n) is 5.87. The lowest BCUT2D eigenvalue weighted by atomic mass is 9.89. The van der Waals surface area contributed by atoms with Crippen LogP contribution >= 0.6 is 0 Å². The molecule has 5 rings (SSSR count). The van der Waals surface area contributed by atoms with Crippen molar-refractivity contribution in [2.24, 2.45) is 7.05 Å². The van der Waals surface area contributed by atoms with E-state index in [1.165, 1.54) is 56.6 Å². The SMILES string of the molecule is Cn1nc(C(=O)NCc2ccc(F)cc2)c2c1CC[C@@H](N1CCN(C3CCCC3)CC1)C2. The molecule has 6 nitrogen and oxygen atoms in total. The van der Waals surface area contributed by atoms with Crippen LogP contribution in [0.1, 0.15) is 59.4 Å². The molecule has 1 aromatic heterocycles. The largest absolute Gasteiger partial charge is 0.347 e. The Labute approximate surface area is 189 Å². The average Bonchev–Trinajstić information content (AvgIpc) is 3.47. The molecule has 1 aromatic carbocycles. The zero-order chi connectivity index (χ0) is 22.1. The molecule has 32 heavy (non-hydrogen) atoms. The number of rotatable bonds is 5. The number of nitrogens with one attached hydrogen (secondary N) is 1. The number of hydrogen-bond acceptors (Lipinski definition) is 4. The Morgan fingerprint density at radius 3 is 2.38 bits per heavy atom. The minimum absolute atomic E-state index is 0.141. The number of benzene rings is 1. The molecule has 7 heteroatoms. The summed E-state index contributed by atoms with van der Waals surface area (Å²) < 4.78 is 15.0. The molecule has 2 aliphatic carbocycles. The summed E-state index contributed by atoms with van der Waals surface area (Å²) in [7, 11) is 1.94. The molecule has 0 unspecified atom stereocenters. The van der Waals surface area contributed by atoms with Gasteiger partial charge in [-0.3, -0.25) is 19.3 Å². The maximum absolute atomic E-state index is 13.1. The first kappa shape index (κ1) is 21.6. The van der Waals surface area contributed by atoms with Crippen LogP contribution in [0.5, 0.6) is 0 Å². The summed E-state index contributed by atoms with van der Waals surface area (Å²) >= 11 is 0. The molecular weight excluding hydrogens is 405 g/mol. The van der Waals surface area contributed by atoms with E-state index in [1.807, 2.05) is 11.7 Å². The minimum atomic E-state index is -0.269. The molecule has 3 aliphatic rings. The van der Waals surface area contributed by atoms with Crippen molar-refractivity contribution in [3.63, 3.8) is 0 Å². The van der Waals surface area contributed by atoms with Crippen LogP contribution in [0.2, 0.25) is 0 Å². The highest BCUT2D eigenvalue weighted by Crippen LogP contribution is 2.29. The summed E-state index contributed by atoms with van der Waals surface area (Å²) in [6.45, 7) is 4.97. The highest BCUT2D eigenvalue weighted by Gasteiger charge is 2.33. The Morgan fingerprint density at radius 1 is 1.03 bits per heavy atom. The Kier molecular flexibility index (Phi) is 6.28. The zero-order valence-corrected chi connectivity index (χ0v) is 19.0. The molecular formula is C25H34FN5O. The van der Waals surface area contributed by atoms with Gasteiger partial charge in [-0.2, -0.15) is 5.10 Å². The van der Waals surface area contributed by atoms with E-state index in [0.717, 1.165) is 49.5 Å². The summed E-state index contributed by atoms with van der Waals surface area (Å²) in [4.78, 5) is 18.3. The first-order valence-electron chi connectivity index (χ1n) is 12.1. The number of carbonyl (C=O) groups is 1. The molecule has 2 aromatic rings. The van der Waals surface area contributed by atoms with Crippen LogP contribution < -0.4 is 5.32 Å². The van der Waals surface area contributed by atoms with Crippen molar-refractivity contribution in [2.75, 3.05) is 26.2 Å². The summed E-state index contributed by atoms with van der Waals surface area (Å²) in [5, 5.41) is 7.55. The summed E-state index contributed by atoms with van der Waals surface area (Å²) in [5.41, 5.74) is 3.73. The van der Waals surface area contributed by atoms with E-state index in [0.29, 0.717) is 18.3 Å². The number of aryl methyl sites for hydroxylation is 1. The Morgan fingerprint density at radius 2 is 1.69 bits per heavy atom. The number of piperazine rings is 1. The van der Waals surface area contributed by atoms with Crippen molar-refractivity contribution >= 4 is 5.91 Å². The van der Waals surface area contributed by atoms with Crippen molar-refractivity contribution in [2.45, 2.75) is 63.6 Å². The predicted molar refractivity (Wildman–Crippen MR) is 122 cm³/mol. The van der Waals surface area contributed by atoms with Crippen molar-refractivity contribution in [3.05, 3.63) is 52.6 Å². The number of halogens is 1. The summed E-state index contributed by atoms with van der Waals surface area (Å²) in [6.07, 6.45) is 8.53. The van der Waals surface area contributed by atoms with Gasteiger partial charge in [-0.25, -0.2) is 4.39 Å². The van der Waals surface area contributed by atoms with Gasteiger partial charge in [-0.05, 0) is 49.8 Å². The first-order chi connectivity index (χ1) is 15.6. The maximum atomic E-state index is 13.1. The molecule has 1 N–H and O–H groups in total. The van der Waals surface area contributed by atoms with E-state index in [-0.39, 0.29) is 11.7 Å².